The Hall–Kier alpha value is -1.50. The molecule has 0 radical (unpaired) electrons. The van der Waals surface area contributed by atoms with Gasteiger partial charge in [0.25, 0.3) is 0 Å². The van der Waals surface area contributed by atoms with E-state index >= 15 is 0 Å². The summed E-state index contributed by atoms with van der Waals surface area (Å²) >= 11 is 11.1. The molecule has 0 unspecified atom stereocenters. The monoisotopic (exact) mass is 510 g/mol. The van der Waals surface area contributed by atoms with Crippen LogP contribution in [-0.4, -0.2) is 35.1 Å². The molecular weight excluding hydrogens is 484 g/mol. The van der Waals surface area contributed by atoms with Gasteiger partial charge in [0.05, 0.1) is 5.75 Å². The normalized spacial score (nSPS) is 11.7. The number of amides is 2. The standard InChI is InChI=1S/C23H28BrClN2O2S/c1-3-4-13-26-23(29)17(2)27(14-18-9-11-20(24)12-10-18)22(28)16-30-15-19-7-5-6-8-21(19)25/h5-12,17H,3-4,13-16H2,1-2H3,(H,26,29)/t17-/m1/s1. The van der Waals surface area contributed by atoms with Crippen LogP contribution in [0.15, 0.2) is 53.0 Å². The van der Waals surface area contributed by atoms with Crippen LogP contribution in [0.1, 0.15) is 37.8 Å². The zero-order valence-electron chi connectivity index (χ0n) is 17.4. The lowest BCUT2D eigenvalue weighted by molar-refractivity contribution is -0.138. The van der Waals surface area contributed by atoms with Crippen LogP contribution in [0, 0.1) is 0 Å². The smallest absolute Gasteiger partial charge is 0.242 e. The van der Waals surface area contributed by atoms with Crippen molar-refractivity contribution >= 4 is 51.1 Å². The molecule has 0 spiro atoms. The number of unbranched alkanes of at least 4 members (excludes halogenated alkanes) is 1. The van der Waals surface area contributed by atoms with E-state index in [0.29, 0.717) is 23.9 Å². The molecule has 2 rings (SSSR count). The van der Waals surface area contributed by atoms with Crippen LogP contribution >= 0.6 is 39.3 Å². The van der Waals surface area contributed by atoms with Crippen LogP contribution in [0.3, 0.4) is 0 Å². The lowest BCUT2D eigenvalue weighted by atomic mass is 10.1. The highest BCUT2D eigenvalue weighted by molar-refractivity contribution is 9.10. The molecule has 7 heteroatoms. The first-order valence-electron chi connectivity index (χ1n) is 10.0. The third-order valence-corrected chi connectivity index (χ3v) is 6.57. The summed E-state index contributed by atoms with van der Waals surface area (Å²) in [6.45, 7) is 4.88. The molecule has 162 valence electrons. The number of rotatable bonds is 11. The quantitative estimate of drug-likeness (QED) is 0.396. The van der Waals surface area contributed by atoms with Crippen molar-refractivity contribution in [2.75, 3.05) is 12.3 Å². The van der Waals surface area contributed by atoms with Crippen molar-refractivity contribution in [1.82, 2.24) is 10.2 Å². The fourth-order valence-corrected chi connectivity index (χ4v) is 4.31. The van der Waals surface area contributed by atoms with Crippen LogP contribution in [-0.2, 0) is 21.9 Å². The fraction of sp³-hybridized carbons (Fsp3) is 0.391. The second-order valence-corrected chi connectivity index (χ2v) is 9.36. The van der Waals surface area contributed by atoms with E-state index in [-0.39, 0.29) is 17.6 Å². The minimum absolute atomic E-state index is 0.0619. The minimum atomic E-state index is -0.543. The molecular formula is C23H28BrClN2O2S. The van der Waals surface area contributed by atoms with E-state index in [1.807, 2.05) is 48.5 Å². The first-order valence-corrected chi connectivity index (χ1v) is 12.4. The summed E-state index contributed by atoms with van der Waals surface area (Å²) in [6.07, 6.45) is 1.93. The van der Waals surface area contributed by atoms with Crippen molar-refractivity contribution in [3.63, 3.8) is 0 Å². The number of benzene rings is 2. The molecule has 1 N–H and O–H groups in total. The molecule has 0 saturated carbocycles. The maximum absolute atomic E-state index is 13.0. The van der Waals surface area contributed by atoms with Gasteiger partial charge in [-0.05, 0) is 42.7 Å². The largest absolute Gasteiger partial charge is 0.354 e. The van der Waals surface area contributed by atoms with Gasteiger partial charge in [-0.15, -0.1) is 11.8 Å². The van der Waals surface area contributed by atoms with E-state index in [0.717, 1.165) is 28.4 Å². The van der Waals surface area contributed by atoms with E-state index < -0.39 is 6.04 Å². The lowest BCUT2D eigenvalue weighted by Gasteiger charge is -2.29. The average Bonchev–Trinajstić information content (AvgIpc) is 2.74. The van der Waals surface area contributed by atoms with E-state index in [1.165, 1.54) is 11.8 Å². The van der Waals surface area contributed by atoms with Gasteiger partial charge in [-0.2, -0.15) is 0 Å². The molecule has 0 heterocycles. The van der Waals surface area contributed by atoms with Crippen LogP contribution in [0.2, 0.25) is 5.02 Å². The summed E-state index contributed by atoms with van der Waals surface area (Å²) in [5.74, 6) is 0.751. The Labute approximate surface area is 196 Å². The second kappa shape index (κ2) is 13.0. The molecule has 0 aliphatic heterocycles. The third-order valence-electron chi connectivity index (χ3n) is 4.70. The zero-order valence-corrected chi connectivity index (χ0v) is 20.5. The third kappa shape index (κ3) is 7.97. The van der Waals surface area contributed by atoms with Gasteiger partial charge in [-0.3, -0.25) is 9.59 Å². The van der Waals surface area contributed by atoms with Gasteiger partial charge < -0.3 is 10.2 Å². The number of nitrogens with one attached hydrogen (secondary N) is 1. The van der Waals surface area contributed by atoms with Crippen molar-refractivity contribution in [1.29, 1.82) is 0 Å². The molecule has 2 aromatic carbocycles. The first-order chi connectivity index (χ1) is 14.4. The highest BCUT2D eigenvalue weighted by Gasteiger charge is 2.25. The van der Waals surface area contributed by atoms with Crippen molar-refractivity contribution in [2.24, 2.45) is 0 Å². The molecule has 0 bridgehead atoms. The highest BCUT2D eigenvalue weighted by Crippen LogP contribution is 2.22. The van der Waals surface area contributed by atoms with Gasteiger partial charge in [0.15, 0.2) is 0 Å². The van der Waals surface area contributed by atoms with Crippen LogP contribution in [0.5, 0.6) is 0 Å². The molecule has 4 nitrogen and oxygen atoms in total. The van der Waals surface area contributed by atoms with Crippen molar-refractivity contribution in [2.45, 2.75) is 45.0 Å². The fourth-order valence-electron chi connectivity index (χ4n) is 2.85. The molecule has 30 heavy (non-hydrogen) atoms. The van der Waals surface area contributed by atoms with Crippen LogP contribution in [0.4, 0.5) is 0 Å². The lowest BCUT2D eigenvalue weighted by Crippen LogP contribution is -2.48. The van der Waals surface area contributed by atoms with Crippen LogP contribution < -0.4 is 5.32 Å². The molecule has 0 saturated heterocycles. The van der Waals surface area contributed by atoms with Gasteiger partial charge in [0, 0.05) is 28.3 Å². The Morgan fingerprint density at radius 1 is 1.17 bits per heavy atom. The Morgan fingerprint density at radius 2 is 1.87 bits per heavy atom. The molecule has 0 aliphatic rings. The summed E-state index contributed by atoms with van der Waals surface area (Å²) in [4.78, 5) is 27.3. The molecule has 0 aliphatic carbocycles. The van der Waals surface area contributed by atoms with E-state index in [1.54, 1.807) is 11.8 Å². The average molecular weight is 512 g/mol. The minimum Gasteiger partial charge on any atom is -0.354 e. The van der Waals surface area contributed by atoms with Gasteiger partial charge in [-0.1, -0.05) is 71.2 Å². The zero-order chi connectivity index (χ0) is 21.9. The molecule has 0 fully saturated rings. The van der Waals surface area contributed by atoms with E-state index in [2.05, 4.69) is 28.2 Å². The summed E-state index contributed by atoms with van der Waals surface area (Å²) in [7, 11) is 0. The predicted molar refractivity (Wildman–Crippen MR) is 130 cm³/mol. The van der Waals surface area contributed by atoms with E-state index in [4.69, 9.17) is 11.6 Å². The van der Waals surface area contributed by atoms with Crippen molar-refractivity contribution in [3.8, 4) is 0 Å². The Kier molecular flexibility index (Phi) is 10.8. The summed E-state index contributed by atoms with van der Waals surface area (Å²) in [5.41, 5.74) is 1.98. The molecule has 0 aromatic heterocycles. The predicted octanol–water partition coefficient (Wildman–Crippen LogP) is 5.67. The van der Waals surface area contributed by atoms with Gasteiger partial charge in [0.1, 0.15) is 6.04 Å². The number of thioether (sulfide) groups is 1. The number of hydrogen-bond acceptors (Lipinski definition) is 3. The number of halogens is 2. The van der Waals surface area contributed by atoms with Gasteiger partial charge in [0.2, 0.25) is 11.8 Å². The second-order valence-electron chi connectivity index (χ2n) is 7.05. The first kappa shape index (κ1) is 24.8. The maximum Gasteiger partial charge on any atom is 0.242 e. The van der Waals surface area contributed by atoms with Crippen molar-refractivity contribution < 1.29 is 9.59 Å². The van der Waals surface area contributed by atoms with Gasteiger partial charge in [-0.25, -0.2) is 0 Å². The SMILES string of the molecule is CCCCNC(=O)[C@@H](C)N(Cc1ccc(Br)cc1)C(=O)CSCc1ccccc1Cl. The topological polar surface area (TPSA) is 49.4 Å². The summed E-state index contributed by atoms with van der Waals surface area (Å²) in [5, 5.41) is 3.64. The molecule has 2 aromatic rings. The Balaban J connectivity index is 2.04. The van der Waals surface area contributed by atoms with E-state index in [9.17, 15) is 9.59 Å². The van der Waals surface area contributed by atoms with Crippen molar-refractivity contribution in [3.05, 3.63) is 69.2 Å². The summed E-state index contributed by atoms with van der Waals surface area (Å²) in [6, 6.07) is 14.9. The molecule has 2 amide bonds. The number of carbonyl (C=O) groups excluding carboxylic acids is 2. The Morgan fingerprint density at radius 3 is 2.53 bits per heavy atom. The number of carbonyl (C=O) groups is 2. The number of nitrogens with zero attached hydrogens (tertiary/aromatic N) is 1. The van der Waals surface area contributed by atoms with Gasteiger partial charge >= 0.3 is 0 Å². The highest BCUT2D eigenvalue weighted by atomic mass is 79.9. The Bertz CT molecular complexity index is 832. The maximum atomic E-state index is 13.0. The number of hydrogen-bond donors (Lipinski definition) is 1. The van der Waals surface area contributed by atoms with Crippen LogP contribution in [0.25, 0.3) is 0 Å². The molecule has 1 atom stereocenters. The summed E-state index contributed by atoms with van der Waals surface area (Å²) < 4.78 is 0.977.